The summed E-state index contributed by atoms with van der Waals surface area (Å²) in [5.74, 6) is 0.500. The van der Waals surface area contributed by atoms with Crippen molar-refractivity contribution in [3.63, 3.8) is 0 Å². The molecule has 140 valence electrons. The van der Waals surface area contributed by atoms with Crippen LogP contribution in [0, 0.1) is 5.82 Å². The Bertz CT molecular complexity index is 952. The fraction of sp³-hybridized carbons (Fsp3) is 0.318. The Morgan fingerprint density at radius 2 is 1.93 bits per heavy atom. The summed E-state index contributed by atoms with van der Waals surface area (Å²) in [6, 6.07) is 14.4. The summed E-state index contributed by atoms with van der Waals surface area (Å²) in [4.78, 5) is 6.74. The zero-order valence-corrected chi connectivity index (χ0v) is 15.4. The summed E-state index contributed by atoms with van der Waals surface area (Å²) < 4.78 is 18.9. The second-order valence-corrected chi connectivity index (χ2v) is 7.20. The van der Waals surface area contributed by atoms with Crippen molar-refractivity contribution in [3.05, 3.63) is 66.1 Å². The average molecular weight is 366 g/mol. The number of benzene rings is 2. The highest BCUT2D eigenvalue weighted by atomic mass is 19.1. The average Bonchev–Trinajstić information content (AvgIpc) is 2.67. The number of rotatable bonds is 4. The van der Waals surface area contributed by atoms with E-state index < -0.39 is 5.60 Å². The molecule has 0 radical (unpaired) electrons. The molecule has 2 heterocycles. The van der Waals surface area contributed by atoms with Crippen molar-refractivity contribution in [3.8, 4) is 5.75 Å². The minimum Gasteiger partial charge on any atom is -0.494 e. The van der Waals surface area contributed by atoms with Crippen LogP contribution in [-0.4, -0.2) is 35.9 Å². The summed E-state index contributed by atoms with van der Waals surface area (Å²) in [5, 5.41) is 12.0. The topological polar surface area (TPSA) is 45.6 Å². The Labute approximate surface area is 158 Å². The van der Waals surface area contributed by atoms with Gasteiger partial charge in [0.1, 0.15) is 17.1 Å². The van der Waals surface area contributed by atoms with Crippen molar-refractivity contribution in [1.82, 2.24) is 4.98 Å². The lowest BCUT2D eigenvalue weighted by Crippen LogP contribution is -2.45. The number of hydrogen-bond donors (Lipinski definition) is 1. The summed E-state index contributed by atoms with van der Waals surface area (Å²) in [5.41, 5.74) is 1.99. The zero-order chi connectivity index (χ0) is 18.9. The molecule has 1 aliphatic rings. The number of halogens is 1. The van der Waals surface area contributed by atoms with Gasteiger partial charge in [-0.15, -0.1) is 0 Å². The third-order valence-corrected chi connectivity index (χ3v) is 5.39. The number of aliphatic hydroxyl groups is 1. The summed E-state index contributed by atoms with van der Waals surface area (Å²) in [6.07, 6.45) is 3.55. The smallest absolute Gasteiger partial charge is 0.145 e. The first-order valence-electron chi connectivity index (χ1n) is 9.21. The van der Waals surface area contributed by atoms with E-state index in [4.69, 9.17) is 4.74 Å². The third kappa shape index (κ3) is 3.60. The summed E-state index contributed by atoms with van der Waals surface area (Å²) in [6.45, 7) is 1.48. The largest absolute Gasteiger partial charge is 0.494 e. The fourth-order valence-electron chi connectivity index (χ4n) is 3.94. The van der Waals surface area contributed by atoms with Crippen LogP contribution in [0.15, 0.2) is 54.7 Å². The number of hydrogen-bond acceptors (Lipinski definition) is 4. The van der Waals surface area contributed by atoms with Gasteiger partial charge in [0.05, 0.1) is 12.7 Å². The van der Waals surface area contributed by atoms with Crippen LogP contribution in [0.3, 0.4) is 0 Å². The van der Waals surface area contributed by atoms with Crippen molar-refractivity contribution >= 4 is 16.6 Å². The van der Waals surface area contributed by atoms with Crippen molar-refractivity contribution in [2.24, 2.45) is 0 Å². The Balaban J connectivity index is 1.53. The van der Waals surface area contributed by atoms with E-state index in [0.717, 1.165) is 41.0 Å². The van der Waals surface area contributed by atoms with Crippen LogP contribution in [0.4, 0.5) is 10.1 Å². The molecule has 1 N–H and O–H groups in total. The molecule has 2 aromatic carbocycles. The van der Waals surface area contributed by atoms with Gasteiger partial charge in [-0.25, -0.2) is 4.39 Å². The van der Waals surface area contributed by atoms with Crippen LogP contribution in [0.2, 0.25) is 0 Å². The van der Waals surface area contributed by atoms with Crippen LogP contribution >= 0.6 is 0 Å². The number of ether oxygens (including phenoxy) is 1. The molecule has 0 amide bonds. The number of piperidine rings is 1. The monoisotopic (exact) mass is 366 g/mol. The SMILES string of the molecule is COc1cccc2c(N3CCC(O)(Cc4cccc(F)c4)CC3)ccnc12. The molecular formula is C22H23FN2O2. The quantitative estimate of drug-likeness (QED) is 0.759. The molecule has 0 saturated carbocycles. The molecule has 0 spiro atoms. The first-order chi connectivity index (χ1) is 13.1. The summed E-state index contributed by atoms with van der Waals surface area (Å²) >= 11 is 0. The van der Waals surface area contributed by atoms with Gasteiger partial charge in [-0.1, -0.05) is 24.3 Å². The second kappa shape index (κ2) is 7.16. The molecule has 5 heteroatoms. The van der Waals surface area contributed by atoms with Crippen LogP contribution < -0.4 is 9.64 Å². The summed E-state index contributed by atoms with van der Waals surface area (Å²) in [7, 11) is 1.65. The van der Waals surface area contributed by atoms with E-state index in [1.165, 1.54) is 12.1 Å². The van der Waals surface area contributed by atoms with E-state index in [1.807, 2.05) is 30.3 Å². The number of fused-ring (bicyclic) bond motifs is 1. The third-order valence-electron chi connectivity index (χ3n) is 5.39. The molecule has 0 unspecified atom stereocenters. The number of nitrogens with zero attached hydrogens (tertiary/aromatic N) is 2. The van der Waals surface area contributed by atoms with E-state index in [1.54, 1.807) is 19.4 Å². The normalized spacial score (nSPS) is 16.5. The van der Waals surface area contributed by atoms with E-state index >= 15 is 0 Å². The predicted octanol–water partition coefficient (Wildman–Crippen LogP) is 3.96. The molecule has 3 aromatic rings. The van der Waals surface area contributed by atoms with Gasteiger partial charge in [0.25, 0.3) is 0 Å². The Morgan fingerprint density at radius 1 is 1.15 bits per heavy atom. The molecule has 1 aliphatic heterocycles. The molecule has 1 aromatic heterocycles. The minimum atomic E-state index is -0.801. The molecule has 0 atom stereocenters. The Morgan fingerprint density at radius 3 is 2.67 bits per heavy atom. The van der Waals surface area contributed by atoms with Gasteiger partial charge < -0.3 is 14.7 Å². The molecule has 0 aliphatic carbocycles. The molecular weight excluding hydrogens is 343 g/mol. The molecule has 0 bridgehead atoms. The van der Waals surface area contributed by atoms with E-state index in [9.17, 15) is 9.50 Å². The number of anilines is 1. The highest BCUT2D eigenvalue weighted by molar-refractivity contribution is 5.95. The predicted molar refractivity (Wildman–Crippen MR) is 105 cm³/mol. The molecule has 1 fully saturated rings. The number of aromatic nitrogens is 1. The highest BCUT2D eigenvalue weighted by Gasteiger charge is 2.33. The van der Waals surface area contributed by atoms with Crippen molar-refractivity contribution < 1.29 is 14.2 Å². The van der Waals surface area contributed by atoms with Crippen molar-refractivity contribution in [2.45, 2.75) is 24.9 Å². The lowest BCUT2D eigenvalue weighted by molar-refractivity contribution is 0.0165. The molecule has 4 nitrogen and oxygen atoms in total. The van der Waals surface area contributed by atoms with Crippen LogP contribution in [0.5, 0.6) is 5.75 Å². The lowest BCUT2D eigenvalue weighted by atomic mass is 9.85. The standard InChI is InChI=1S/C22H23FN2O2/c1-27-20-7-3-6-18-19(8-11-24-21(18)20)25-12-9-22(26,10-13-25)15-16-4-2-5-17(23)14-16/h2-8,11,14,26H,9-10,12-13,15H2,1H3. The maximum Gasteiger partial charge on any atom is 0.145 e. The number of para-hydroxylation sites is 1. The zero-order valence-electron chi connectivity index (χ0n) is 15.4. The first kappa shape index (κ1) is 17.7. The van der Waals surface area contributed by atoms with Crippen LogP contribution in [-0.2, 0) is 6.42 Å². The van der Waals surface area contributed by atoms with Crippen molar-refractivity contribution in [1.29, 1.82) is 0 Å². The number of methoxy groups -OCH3 is 1. The van der Waals surface area contributed by atoms with Gasteiger partial charge in [-0.2, -0.15) is 0 Å². The van der Waals surface area contributed by atoms with Gasteiger partial charge in [0.2, 0.25) is 0 Å². The van der Waals surface area contributed by atoms with Crippen molar-refractivity contribution in [2.75, 3.05) is 25.1 Å². The maximum absolute atomic E-state index is 13.4. The van der Waals surface area contributed by atoms with Gasteiger partial charge in [0, 0.05) is 36.8 Å². The Kier molecular flexibility index (Phi) is 4.70. The van der Waals surface area contributed by atoms with E-state index in [-0.39, 0.29) is 5.82 Å². The van der Waals surface area contributed by atoms with E-state index in [2.05, 4.69) is 9.88 Å². The lowest BCUT2D eigenvalue weighted by Gasteiger charge is -2.39. The van der Waals surface area contributed by atoms with Gasteiger partial charge >= 0.3 is 0 Å². The van der Waals surface area contributed by atoms with Gasteiger partial charge in [-0.3, -0.25) is 4.98 Å². The molecule has 27 heavy (non-hydrogen) atoms. The highest BCUT2D eigenvalue weighted by Crippen LogP contribution is 2.34. The Hall–Kier alpha value is -2.66. The van der Waals surface area contributed by atoms with Gasteiger partial charge in [-0.05, 0) is 42.7 Å². The second-order valence-electron chi connectivity index (χ2n) is 7.20. The van der Waals surface area contributed by atoms with Crippen LogP contribution in [0.25, 0.3) is 10.9 Å². The minimum absolute atomic E-state index is 0.259. The van der Waals surface area contributed by atoms with E-state index in [0.29, 0.717) is 19.3 Å². The first-order valence-corrected chi connectivity index (χ1v) is 9.21. The molecule has 1 saturated heterocycles. The number of pyridine rings is 1. The fourth-order valence-corrected chi connectivity index (χ4v) is 3.94. The maximum atomic E-state index is 13.4. The molecule has 4 rings (SSSR count). The van der Waals surface area contributed by atoms with Crippen LogP contribution in [0.1, 0.15) is 18.4 Å². The van der Waals surface area contributed by atoms with Gasteiger partial charge in [0.15, 0.2) is 0 Å².